The van der Waals surface area contributed by atoms with Gasteiger partial charge in [0.1, 0.15) is 16.5 Å². The van der Waals surface area contributed by atoms with Crippen molar-refractivity contribution in [1.82, 2.24) is 9.97 Å². The first-order valence-electron chi connectivity index (χ1n) is 6.86. The molecule has 1 aliphatic carbocycles. The number of nitrogens with zero attached hydrogens (tertiary/aromatic N) is 2. The molecule has 0 aromatic carbocycles. The van der Waals surface area contributed by atoms with Crippen LogP contribution in [-0.2, 0) is 19.4 Å². The minimum absolute atomic E-state index is 0.841. The quantitative estimate of drug-likeness (QED) is 0.789. The molecule has 3 nitrogen and oxygen atoms in total. The van der Waals surface area contributed by atoms with E-state index in [-0.39, 0.29) is 0 Å². The van der Waals surface area contributed by atoms with Gasteiger partial charge >= 0.3 is 0 Å². The minimum atomic E-state index is 0.841. The minimum Gasteiger partial charge on any atom is -0.365 e. The van der Waals surface area contributed by atoms with Crippen LogP contribution in [-0.4, -0.2) is 9.97 Å². The predicted octanol–water partition coefficient (Wildman–Crippen LogP) is 4.16. The maximum atomic E-state index is 4.64. The Kier molecular flexibility index (Phi) is 2.97. The van der Waals surface area contributed by atoms with Crippen LogP contribution in [0.4, 0.5) is 5.82 Å². The van der Waals surface area contributed by atoms with Gasteiger partial charge in [-0.05, 0) is 43.2 Å². The molecule has 3 heterocycles. The summed E-state index contributed by atoms with van der Waals surface area (Å²) >= 11 is 3.63. The van der Waals surface area contributed by atoms with Crippen molar-refractivity contribution >= 4 is 38.7 Å². The summed E-state index contributed by atoms with van der Waals surface area (Å²) in [6.07, 6.45) is 3.66. The summed E-state index contributed by atoms with van der Waals surface area (Å²) in [6, 6.07) is 4.24. The molecule has 0 aliphatic heterocycles. The molecule has 4 rings (SSSR count). The van der Waals surface area contributed by atoms with Crippen LogP contribution in [0.5, 0.6) is 0 Å². The molecular weight excluding hydrogens is 286 g/mol. The summed E-state index contributed by atoms with van der Waals surface area (Å²) in [6.45, 7) is 2.81. The number of fused-ring (bicyclic) bond motifs is 3. The summed E-state index contributed by atoms with van der Waals surface area (Å²) in [5, 5.41) is 6.89. The number of aromatic nitrogens is 2. The number of hydrogen-bond donors (Lipinski definition) is 1. The Labute approximate surface area is 125 Å². The highest BCUT2D eigenvalue weighted by atomic mass is 32.1. The number of rotatable bonds is 3. The third-order valence-electron chi connectivity index (χ3n) is 3.69. The Bertz CT molecular complexity index is 759. The van der Waals surface area contributed by atoms with Gasteiger partial charge in [0.2, 0.25) is 0 Å². The van der Waals surface area contributed by atoms with Crippen molar-refractivity contribution < 1.29 is 0 Å². The maximum Gasteiger partial charge on any atom is 0.139 e. The Morgan fingerprint density at radius 2 is 2.25 bits per heavy atom. The van der Waals surface area contributed by atoms with Gasteiger partial charge in [-0.1, -0.05) is 6.07 Å². The molecule has 0 unspecified atom stereocenters. The van der Waals surface area contributed by atoms with Gasteiger partial charge in [-0.3, -0.25) is 0 Å². The first-order valence-corrected chi connectivity index (χ1v) is 8.56. The highest BCUT2D eigenvalue weighted by Crippen LogP contribution is 2.39. The number of nitrogens with one attached hydrogen (secondary N) is 1. The molecule has 3 aromatic rings. The highest BCUT2D eigenvalue weighted by molar-refractivity contribution is 7.19. The van der Waals surface area contributed by atoms with Crippen LogP contribution in [0.3, 0.4) is 0 Å². The average Bonchev–Trinajstić information content (AvgIpc) is 3.11. The van der Waals surface area contributed by atoms with Crippen LogP contribution in [0.1, 0.15) is 27.6 Å². The summed E-state index contributed by atoms with van der Waals surface area (Å²) in [4.78, 5) is 13.3. The average molecular weight is 301 g/mol. The fourth-order valence-electron chi connectivity index (χ4n) is 2.81. The lowest BCUT2D eigenvalue weighted by molar-refractivity contribution is 0.916. The van der Waals surface area contributed by atoms with Gasteiger partial charge in [-0.15, -0.1) is 22.7 Å². The zero-order chi connectivity index (χ0) is 13.5. The second-order valence-electron chi connectivity index (χ2n) is 5.09. The molecule has 5 heteroatoms. The Morgan fingerprint density at radius 3 is 3.10 bits per heavy atom. The standard InChI is InChI=1S/C15H15N3S2/c1-9-17-14(16-8-10-4-3-7-19-10)13-11-5-2-6-12(11)20-15(13)18-9/h3-4,7H,2,5-6,8H2,1H3,(H,16,17,18). The van der Waals surface area contributed by atoms with Gasteiger partial charge in [-0.2, -0.15) is 0 Å². The van der Waals surface area contributed by atoms with E-state index in [1.807, 2.05) is 18.3 Å². The normalized spacial score (nSPS) is 13.8. The summed E-state index contributed by atoms with van der Waals surface area (Å²) in [5.41, 5.74) is 1.48. The molecule has 0 saturated carbocycles. The van der Waals surface area contributed by atoms with Crippen molar-refractivity contribution in [3.63, 3.8) is 0 Å². The molecule has 102 valence electrons. The van der Waals surface area contributed by atoms with Gasteiger partial charge in [-0.25, -0.2) is 9.97 Å². The van der Waals surface area contributed by atoms with Crippen LogP contribution < -0.4 is 5.32 Å². The van der Waals surface area contributed by atoms with E-state index in [9.17, 15) is 0 Å². The summed E-state index contributed by atoms with van der Waals surface area (Å²) in [7, 11) is 0. The number of thiophene rings is 2. The lowest BCUT2D eigenvalue weighted by atomic mass is 10.2. The topological polar surface area (TPSA) is 37.8 Å². The molecule has 1 aliphatic rings. The van der Waals surface area contributed by atoms with E-state index in [0.29, 0.717) is 0 Å². The van der Waals surface area contributed by atoms with Crippen LogP contribution in [0.25, 0.3) is 10.2 Å². The fraction of sp³-hybridized carbons (Fsp3) is 0.333. The van der Waals surface area contributed by atoms with Crippen LogP contribution in [0, 0.1) is 6.92 Å². The number of aryl methyl sites for hydroxylation is 3. The van der Waals surface area contributed by atoms with E-state index in [4.69, 9.17) is 0 Å². The molecule has 20 heavy (non-hydrogen) atoms. The van der Waals surface area contributed by atoms with Gasteiger partial charge < -0.3 is 5.32 Å². The van der Waals surface area contributed by atoms with Gasteiger partial charge in [0, 0.05) is 9.75 Å². The van der Waals surface area contributed by atoms with E-state index >= 15 is 0 Å². The van der Waals surface area contributed by atoms with Crippen molar-refractivity contribution in [3.05, 3.63) is 38.7 Å². The van der Waals surface area contributed by atoms with Crippen molar-refractivity contribution in [2.75, 3.05) is 5.32 Å². The van der Waals surface area contributed by atoms with Crippen LogP contribution in [0.2, 0.25) is 0 Å². The zero-order valence-electron chi connectivity index (χ0n) is 11.3. The Hall–Kier alpha value is -1.46. The molecule has 0 radical (unpaired) electrons. The summed E-state index contributed by atoms with van der Waals surface area (Å²) < 4.78 is 0. The van der Waals surface area contributed by atoms with E-state index in [1.54, 1.807) is 11.3 Å². The molecule has 0 saturated heterocycles. The van der Waals surface area contributed by atoms with Crippen LogP contribution >= 0.6 is 22.7 Å². The SMILES string of the molecule is Cc1nc(NCc2cccs2)c2c3c(sc2n1)CCC3. The summed E-state index contributed by atoms with van der Waals surface area (Å²) in [5.74, 6) is 1.87. The third-order valence-corrected chi connectivity index (χ3v) is 5.75. The second kappa shape index (κ2) is 4.82. The molecule has 3 aromatic heterocycles. The third kappa shape index (κ3) is 2.01. The van der Waals surface area contributed by atoms with E-state index in [0.717, 1.165) is 23.0 Å². The first kappa shape index (κ1) is 12.3. The van der Waals surface area contributed by atoms with Gasteiger partial charge in [0.05, 0.1) is 11.9 Å². The Morgan fingerprint density at radius 1 is 1.30 bits per heavy atom. The maximum absolute atomic E-state index is 4.64. The lowest BCUT2D eigenvalue weighted by Crippen LogP contribution is -2.03. The molecular formula is C15H15N3S2. The molecule has 0 atom stereocenters. The van der Waals surface area contributed by atoms with Crippen molar-refractivity contribution in [2.45, 2.75) is 32.7 Å². The zero-order valence-corrected chi connectivity index (χ0v) is 12.9. The molecule has 0 bridgehead atoms. The highest BCUT2D eigenvalue weighted by Gasteiger charge is 2.21. The van der Waals surface area contributed by atoms with E-state index < -0.39 is 0 Å². The monoisotopic (exact) mass is 301 g/mol. The van der Waals surface area contributed by atoms with E-state index in [2.05, 4.69) is 32.8 Å². The molecule has 1 N–H and O–H groups in total. The Balaban J connectivity index is 1.77. The predicted molar refractivity (Wildman–Crippen MR) is 85.8 cm³/mol. The van der Waals surface area contributed by atoms with Crippen LogP contribution in [0.15, 0.2) is 17.5 Å². The smallest absolute Gasteiger partial charge is 0.139 e. The lowest BCUT2D eigenvalue weighted by Gasteiger charge is -2.08. The molecule has 0 amide bonds. The fourth-order valence-corrected chi connectivity index (χ4v) is 4.77. The van der Waals surface area contributed by atoms with Crippen molar-refractivity contribution in [2.24, 2.45) is 0 Å². The van der Waals surface area contributed by atoms with Crippen molar-refractivity contribution in [1.29, 1.82) is 0 Å². The number of hydrogen-bond acceptors (Lipinski definition) is 5. The first-order chi connectivity index (χ1) is 9.81. The van der Waals surface area contributed by atoms with E-state index in [1.165, 1.54) is 40.0 Å². The largest absolute Gasteiger partial charge is 0.365 e. The van der Waals surface area contributed by atoms with Gasteiger partial charge in [0.25, 0.3) is 0 Å². The van der Waals surface area contributed by atoms with Crippen molar-refractivity contribution in [3.8, 4) is 0 Å². The number of anilines is 1. The molecule has 0 fully saturated rings. The second-order valence-corrected chi connectivity index (χ2v) is 7.21. The molecule has 0 spiro atoms. The van der Waals surface area contributed by atoms with Gasteiger partial charge in [0.15, 0.2) is 0 Å².